The van der Waals surface area contributed by atoms with Gasteiger partial charge in [-0.05, 0) is 12.2 Å². The summed E-state index contributed by atoms with van der Waals surface area (Å²) >= 11 is 0.598. The van der Waals surface area contributed by atoms with Crippen molar-refractivity contribution in [1.29, 1.82) is 0 Å². The first-order valence-corrected chi connectivity index (χ1v) is 3.81. The van der Waals surface area contributed by atoms with E-state index in [4.69, 9.17) is 15.3 Å². The number of carbonyl (C=O) groups is 1. The molecule has 0 saturated carbocycles. The topological polar surface area (TPSA) is 77.8 Å². The predicted molar refractivity (Wildman–Crippen MR) is 37.6 cm³/mol. The highest BCUT2D eigenvalue weighted by Crippen LogP contribution is 2.19. The Morgan fingerprint density at radius 1 is 1.60 bits per heavy atom. The lowest BCUT2D eigenvalue weighted by molar-refractivity contribution is -0.174. The second-order valence-corrected chi connectivity index (χ2v) is 3.03. The van der Waals surface area contributed by atoms with E-state index in [9.17, 15) is 4.79 Å². The van der Waals surface area contributed by atoms with E-state index in [1.54, 1.807) is 0 Å². The van der Waals surface area contributed by atoms with E-state index in [0.29, 0.717) is 23.9 Å². The fraction of sp³-hybridized carbons (Fsp3) is 0.800. The minimum Gasteiger partial charge on any atom is -0.477 e. The van der Waals surface area contributed by atoms with Crippen LogP contribution in [-0.2, 0) is 4.79 Å². The number of rotatable bonds is 4. The molecular weight excluding hydrogens is 156 g/mol. The van der Waals surface area contributed by atoms with Crippen molar-refractivity contribution in [3.8, 4) is 0 Å². The Hall–Kier alpha value is -0.260. The van der Waals surface area contributed by atoms with Crippen LogP contribution >= 0.6 is 11.8 Å². The van der Waals surface area contributed by atoms with Crippen molar-refractivity contribution in [2.24, 2.45) is 0 Å². The van der Waals surface area contributed by atoms with Crippen LogP contribution in [0, 0.1) is 0 Å². The molecule has 0 unspecified atom stereocenters. The molecule has 10 heavy (non-hydrogen) atoms. The Labute approximate surface area is 62.9 Å². The third-order valence-electron chi connectivity index (χ3n) is 0.786. The molecule has 0 aromatic carbocycles. The Balaban J connectivity index is 3.75. The zero-order chi connectivity index (χ0) is 8.20. The van der Waals surface area contributed by atoms with Crippen molar-refractivity contribution in [3.63, 3.8) is 0 Å². The third kappa shape index (κ3) is 3.05. The quantitative estimate of drug-likeness (QED) is 0.506. The molecule has 5 heteroatoms. The van der Waals surface area contributed by atoms with E-state index >= 15 is 0 Å². The van der Waals surface area contributed by atoms with E-state index in [-0.39, 0.29) is 0 Å². The summed E-state index contributed by atoms with van der Waals surface area (Å²) in [5.41, 5.74) is 0. The van der Waals surface area contributed by atoms with Crippen molar-refractivity contribution >= 4 is 17.7 Å². The first-order chi connectivity index (χ1) is 4.50. The Bertz CT molecular complexity index is 123. The average molecular weight is 166 g/mol. The number of hydrogen-bond acceptors (Lipinski definition) is 4. The van der Waals surface area contributed by atoms with Crippen molar-refractivity contribution in [1.82, 2.24) is 0 Å². The lowest BCUT2D eigenvalue weighted by Crippen LogP contribution is -2.34. The van der Waals surface area contributed by atoms with Crippen LogP contribution in [0.25, 0.3) is 0 Å². The van der Waals surface area contributed by atoms with Gasteiger partial charge in [0.05, 0.1) is 0 Å². The molecule has 3 N–H and O–H groups in total. The number of thioether (sulfide) groups is 1. The van der Waals surface area contributed by atoms with Crippen LogP contribution in [0.3, 0.4) is 0 Å². The standard InChI is InChI=1S/C5H10O4S/c1-2-3-10-5(8,9)4(6)7/h8-9H,2-3H2,1H3,(H,6,7). The number of carboxylic acid groups (broad SMARTS) is 1. The molecule has 0 fully saturated rings. The summed E-state index contributed by atoms with van der Waals surface area (Å²) in [5, 5.41) is 22.8. The molecule has 0 aliphatic rings. The fourth-order valence-corrected chi connectivity index (χ4v) is 0.918. The van der Waals surface area contributed by atoms with Gasteiger partial charge >= 0.3 is 11.1 Å². The van der Waals surface area contributed by atoms with Crippen LogP contribution in [0.15, 0.2) is 0 Å². The highest BCUT2D eigenvalue weighted by Gasteiger charge is 2.32. The van der Waals surface area contributed by atoms with Crippen LogP contribution < -0.4 is 0 Å². The van der Waals surface area contributed by atoms with Gasteiger partial charge in [0.25, 0.3) is 0 Å². The summed E-state index contributed by atoms with van der Waals surface area (Å²) in [6.07, 6.45) is 0.709. The summed E-state index contributed by atoms with van der Waals surface area (Å²) < 4.78 is 0. The van der Waals surface area contributed by atoms with E-state index in [0.717, 1.165) is 0 Å². The second kappa shape index (κ2) is 3.80. The Morgan fingerprint density at radius 2 is 2.10 bits per heavy atom. The molecule has 0 aromatic heterocycles. The average Bonchev–Trinajstić information content (AvgIpc) is 1.84. The molecule has 0 aliphatic heterocycles. The van der Waals surface area contributed by atoms with Gasteiger partial charge in [-0.15, -0.1) is 0 Å². The van der Waals surface area contributed by atoms with Crippen molar-refractivity contribution in [3.05, 3.63) is 0 Å². The highest BCUT2D eigenvalue weighted by molar-refractivity contribution is 8.00. The summed E-state index contributed by atoms with van der Waals surface area (Å²) in [6, 6.07) is 0. The molecule has 0 atom stereocenters. The zero-order valence-electron chi connectivity index (χ0n) is 5.57. The van der Waals surface area contributed by atoms with Gasteiger partial charge in [-0.3, -0.25) is 0 Å². The van der Waals surface area contributed by atoms with Gasteiger partial charge < -0.3 is 15.3 Å². The van der Waals surface area contributed by atoms with Crippen LogP contribution in [-0.4, -0.2) is 32.2 Å². The minimum atomic E-state index is -2.62. The smallest absolute Gasteiger partial charge is 0.375 e. The SMILES string of the molecule is CCCSC(O)(O)C(=O)O. The molecule has 0 bridgehead atoms. The fourth-order valence-electron chi connectivity index (χ4n) is 0.306. The molecule has 60 valence electrons. The van der Waals surface area contributed by atoms with Gasteiger partial charge in [-0.2, -0.15) is 0 Å². The van der Waals surface area contributed by atoms with Crippen LogP contribution in [0.2, 0.25) is 0 Å². The van der Waals surface area contributed by atoms with E-state index in [1.165, 1.54) is 0 Å². The first-order valence-electron chi connectivity index (χ1n) is 2.82. The zero-order valence-corrected chi connectivity index (χ0v) is 6.39. The molecule has 0 radical (unpaired) electrons. The van der Waals surface area contributed by atoms with Crippen LogP contribution in [0.5, 0.6) is 0 Å². The van der Waals surface area contributed by atoms with Crippen molar-refractivity contribution in [2.45, 2.75) is 18.5 Å². The van der Waals surface area contributed by atoms with Gasteiger partial charge in [-0.1, -0.05) is 18.7 Å². The number of hydrogen-bond donors (Lipinski definition) is 3. The molecule has 0 rings (SSSR count). The summed E-state index contributed by atoms with van der Waals surface area (Å²) in [6.45, 7) is 1.82. The largest absolute Gasteiger partial charge is 0.477 e. The van der Waals surface area contributed by atoms with E-state index in [1.807, 2.05) is 6.92 Å². The van der Waals surface area contributed by atoms with Crippen molar-refractivity contribution < 1.29 is 20.1 Å². The van der Waals surface area contributed by atoms with Crippen molar-refractivity contribution in [2.75, 3.05) is 5.75 Å². The number of aliphatic carboxylic acids is 1. The molecule has 0 aliphatic carbocycles. The van der Waals surface area contributed by atoms with Crippen LogP contribution in [0.1, 0.15) is 13.3 Å². The van der Waals surface area contributed by atoms with Gasteiger partial charge in [0.15, 0.2) is 0 Å². The summed E-state index contributed by atoms with van der Waals surface area (Å²) in [7, 11) is 0. The maximum atomic E-state index is 10.0. The molecule has 4 nitrogen and oxygen atoms in total. The molecule has 0 amide bonds. The molecule has 0 saturated heterocycles. The van der Waals surface area contributed by atoms with Gasteiger partial charge in [-0.25, -0.2) is 4.79 Å². The maximum Gasteiger partial charge on any atom is 0.375 e. The highest BCUT2D eigenvalue weighted by atomic mass is 32.2. The lowest BCUT2D eigenvalue weighted by Gasteiger charge is -2.13. The minimum absolute atomic E-state index is 0.416. The summed E-state index contributed by atoms with van der Waals surface area (Å²) in [5.74, 6) is -1.20. The van der Waals surface area contributed by atoms with E-state index in [2.05, 4.69) is 0 Å². The maximum absolute atomic E-state index is 10.0. The Kier molecular flexibility index (Phi) is 3.70. The van der Waals surface area contributed by atoms with Gasteiger partial charge in [0.2, 0.25) is 0 Å². The molecule has 0 aromatic rings. The number of carboxylic acids is 1. The van der Waals surface area contributed by atoms with Gasteiger partial charge in [0, 0.05) is 0 Å². The Morgan fingerprint density at radius 3 is 2.40 bits per heavy atom. The monoisotopic (exact) mass is 166 g/mol. The van der Waals surface area contributed by atoms with Crippen LogP contribution in [0.4, 0.5) is 0 Å². The molecule has 0 spiro atoms. The normalized spacial score (nSPS) is 11.5. The van der Waals surface area contributed by atoms with E-state index < -0.39 is 11.1 Å². The third-order valence-corrected chi connectivity index (χ3v) is 1.98. The second-order valence-electron chi connectivity index (χ2n) is 1.76. The van der Waals surface area contributed by atoms with Gasteiger partial charge in [0.1, 0.15) is 0 Å². The summed E-state index contributed by atoms with van der Waals surface area (Å²) in [4.78, 5) is 10.0. The predicted octanol–water partition coefficient (Wildman–Crippen LogP) is -0.147. The molecular formula is C5H10O4S. The first kappa shape index (κ1) is 9.74. The lowest BCUT2D eigenvalue weighted by atomic mass is 10.6. The molecule has 0 heterocycles. The number of aliphatic hydroxyl groups is 2.